The van der Waals surface area contributed by atoms with Crippen molar-refractivity contribution in [1.29, 1.82) is 0 Å². The number of nitrogens with zero attached hydrogens (tertiary/aromatic N) is 1. The van der Waals surface area contributed by atoms with E-state index in [4.69, 9.17) is 4.74 Å². The Balaban J connectivity index is 2.27. The molecule has 0 heterocycles. The number of nitrogens with one attached hydrogen (secondary N) is 3. The average Bonchev–Trinajstić information content (AvgIpc) is 2.56. The van der Waals surface area contributed by atoms with Gasteiger partial charge in [-0.2, -0.15) is 0 Å². The molecule has 0 spiro atoms. The van der Waals surface area contributed by atoms with Gasteiger partial charge in [0.2, 0.25) is 5.91 Å². The summed E-state index contributed by atoms with van der Waals surface area (Å²) >= 11 is 0. The van der Waals surface area contributed by atoms with Gasteiger partial charge in [0, 0.05) is 19.0 Å². The number of guanidine groups is 1. The van der Waals surface area contributed by atoms with Crippen LogP contribution < -0.4 is 20.7 Å². The lowest BCUT2D eigenvalue weighted by Crippen LogP contribution is -2.40. The first-order chi connectivity index (χ1) is 11.5. The summed E-state index contributed by atoms with van der Waals surface area (Å²) in [5.74, 6) is 1.64. The third-order valence-electron chi connectivity index (χ3n) is 3.23. The Morgan fingerprint density at radius 3 is 2.46 bits per heavy atom. The van der Waals surface area contributed by atoms with Crippen molar-refractivity contribution < 1.29 is 9.53 Å². The maximum atomic E-state index is 11.5. The first-order valence-corrected chi connectivity index (χ1v) is 8.52. The van der Waals surface area contributed by atoms with Gasteiger partial charge >= 0.3 is 0 Å². The fourth-order valence-corrected chi connectivity index (χ4v) is 1.87. The highest BCUT2D eigenvalue weighted by molar-refractivity contribution is 5.80. The van der Waals surface area contributed by atoms with Gasteiger partial charge in [0.15, 0.2) is 5.96 Å². The van der Waals surface area contributed by atoms with Crippen LogP contribution in [0, 0.1) is 12.8 Å². The quantitative estimate of drug-likeness (QED) is 0.365. The molecule has 0 aliphatic rings. The molecule has 0 aromatic heterocycles. The number of ether oxygens (including phenoxy) is 1. The Morgan fingerprint density at radius 1 is 1.12 bits per heavy atom. The molecule has 0 aliphatic heterocycles. The standard InChI is InChI=1S/C18H30N4O2/c1-5-19-18(21-11-10-20-17(23)14(2)3)22-12-13-24-16-8-6-15(4)7-9-16/h6-9,14H,5,10-13H2,1-4H3,(H,20,23)(H2,19,21,22). The van der Waals surface area contributed by atoms with Gasteiger partial charge in [-0.15, -0.1) is 0 Å². The smallest absolute Gasteiger partial charge is 0.222 e. The van der Waals surface area contributed by atoms with Gasteiger partial charge in [-0.3, -0.25) is 9.79 Å². The maximum absolute atomic E-state index is 11.5. The van der Waals surface area contributed by atoms with E-state index in [1.54, 1.807) is 0 Å². The van der Waals surface area contributed by atoms with Crippen LogP contribution in [0.2, 0.25) is 0 Å². The lowest BCUT2D eigenvalue weighted by molar-refractivity contribution is -0.123. The molecule has 0 saturated carbocycles. The van der Waals surface area contributed by atoms with Gasteiger partial charge in [-0.05, 0) is 26.0 Å². The van der Waals surface area contributed by atoms with Crippen molar-refractivity contribution in [2.45, 2.75) is 27.7 Å². The summed E-state index contributed by atoms with van der Waals surface area (Å²) < 4.78 is 5.67. The van der Waals surface area contributed by atoms with Crippen LogP contribution in [-0.4, -0.2) is 44.7 Å². The number of aliphatic imine (C=N–C) groups is 1. The topological polar surface area (TPSA) is 74.8 Å². The predicted molar refractivity (Wildman–Crippen MR) is 98.5 cm³/mol. The molecule has 1 rings (SSSR count). The minimum absolute atomic E-state index is 0.000681. The van der Waals surface area contributed by atoms with Crippen LogP contribution in [0.1, 0.15) is 26.3 Å². The average molecular weight is 334 g/mol. The molecule has 0 radical (unpaired) electrons. The Labute approximate surface area is 145 Å². The highest BCUT2D eigenvalue weighted by Gasteiger charge is 2.04. The zero-order valence-corrected chi connectivity index (χ0v) is 15.2. The van der Waals surface area contributed by atoms with E-state index in [0.29, 0.717) is 26.2 Å². The Bertz CT molecular complexity index is 512. The molecule has 0 fully saturated rings. The van der Waals surface area contributed by atoms with Crippen LogP contribution in [-0.2, 0) is 4.79 Å². The van der Waals surface area contributed by atoms with Crippen molar-refractivity contribution in [3.63, 3.8) is 0 Å². The molecule has 1 aromatic carbocycles. The molecule has 6 nitrogen and oxygen atoms in total. The minimum atomic E-state index is -0.000681. The normalized spacial score (nSPS) is 11.3. The highest BCUT2D eigenvalue weighted by Crippen LogP contribution is 2.10. The van der Waals surface area contributed by atoms with Crippen LogP contribution in [0.4, 0.5) is 0 Å². The number of hydrogen-bond donors (Lipinski definition) is 3. The van der Waals surface area contributed by atoms with E-state index >= 15 is 0 Å². The molecular weight excluding hydrogens is 304 g/mol. The number of amides is 1. The Morgan fingerprint density at radius 2 is 1.83 bits per heavy atom. The summed E-state index contributed by atoms with van der Waals surface area (Å²) in [5.41, 5.74) is 1.21. The molecule has 24 heavy (non-hydrogen) atoms. The Kier molecular flexibility index (Phi) is 9.34. The molecule has 1 aromatic rings. The zero-order chi connectivity index (χ0) is 17.8. The molecule has 1 amide bonds. The third-order valence-corrected chi connectivity index (χ3v) is 3.23. The summed E-state index contributed by atoms with van der Waals surface area (Å²) in [4.78, 5) is 15.9. The molecule has 0 saturated heterocycles. The van der Waals surface area contributed by atoms with E-state index in [0.717, 1.165) is 18.3 Å². The first-order valence-electron chi connectivity index (χ1n) is 8.52. The number of aryl methyl sites for hydroxylation is 1. The molecule has 0 atom stereocenters. The summed E-state index contributed by atoms with van der Waals surface area (Å²) in [6.07, 6.45) is 0. The molecule has 0 unspecified atom stereocenters. The second kappa shape index (κ2) is 11.3. The number of carbonyl (C=O) groups is 1. The van der Waals surface area contributed by atoms with E-state index in [9.17, 15) is 4.79 Å². The number of benzene rings is 1. The van der Waals surface area contributed by atoms with E-state index in [2.05, 4.69) is 20.9 Å². The van der Waals surface area contributed by atoms with Gasteiger partial charge in [-0.25, -0.2) is 0 Å². The van der Waals surface area contributed by atoms with Gasteiger partial charge < -0.3 is 20.7 Å². The van der Waals surface area contributed by atoms with Crippen LogP contribution in [0.15, 0.2) is 29.3 Å². The third kappa shape index (κ3) is 8.41. The molecule has 3 N–H and O–H groups in total. The maximum Gasteiger partial charge on any atom is 0.222 e. The second-order valence-corrected chi connectivity index (χ2v) is 5.79. The largest absolute Gasteiger partial charge is 0.492 e. The van der Waals surface area contributed by atoms with Crippen molar-refractivity contribution in [1.82, 2.24) is 16.0 Å². The summed E-state index contributed by atoms with van der Waals surface area (Å²) in [7, 11) is 0. The van der Waals surface area contributed by atoms with Crippen LogP contribution in [0.25, 0.3) is 0 Å². The van der Waals surface area contributed by atoms with Crippen LogP contribution >= 0.6 is 0 Å². The van der Waals surface area contributed by atoms with E-state index in [1.165, 1.54) is 5.56 Å². The molecule has 0 aliphatic carbocycles. The summed E-state index contributed by atoms with van der Waals surface area (Å²) in [5, 5.41) is 9.23. The lowest BCUT2D eigenvalue weighted by Gasteiger charge is -2.12. The number of hydrogen-bond acceptors (Lipinski definition) is 3. The SMILES string of the molecule is CCNC(=NCCNC(=O)C(C)C)NCCOc1ccc(C)cc1. The van der Waals surface area contributed by atoms with E-state index < -0.39 is 0 Å². The summed E-state index contributed by atoms with van der Waals surface area (Å²) in [6, 6.07) is 7.98. The van der Waals surface area contributed by atoms with Crippen molar-refractivity contribution in [3.05, 3.63) is 29.8 Å². The van der Waals surface area contributed by atoms with Gasteiger partial charge in [0.1, 0.15) is 12.4 Å². The van der Waals surface area contributed by atoms with Crippen molar-refractivity contribution >= 4 is 11.9 Å². The fourth-order valence-electron chi connectivity index (χ4n) is 1.87. The molecular formula is C18H30N4O2. The molecule has 134 valence electrons. The minimum Gasteiger partial charge on any atom is -0.492 e. The zero-order valence-electron chi connectivity index (χ0n) is 15.2. The molecule has 6 heteroatoms. The number of carbonyl (C=O) groups excluding carboxylic acids is 1. The van der Waals surface area contributed by atoms with Gasteiger partial charge in [0.05, 0.1) is 13.1 Å². The summed E-state index contributed by atoms with van der Waals surface area (Å²) in [6.45, 7) is 10.9. The van der Waals surface area contributed by atoms with Gasteiger partial charge in [0.25, 0.3) is 0 Å². The lowest BCUT2D eigenvalue weighted by atomic mass is 10.2. The monoisotopic (exact) mass is 334 g/mol. The first kappa shape index (κ1) is 19.8. The second-order valence-electron chi connectivity index (χ2n) is 5.79. The number of rotatable bonds is 9. The van der Waals surface area contributed by atoms with Crippen LogP contribution in [0.3, 0.4) is 0 Å². The van der Waals surface area contributed by atoms with Gasteiger partial charge in [-0.1, -0.05) is 31.5 Å². The predicted octanol–water partition coefficient (Wildman–Crippen LogP) is 1.70. The van der Waals surface area contributed by atoms with Crippen molar-refractivity contribution in [2.75, 3.05) is 32.8 Å². The molecule has 0 bridgehead atoms. The Hall–Kier alpha value is -2.24. The van der Waals surface area contributed by atoms with Crippen LogP contribution in [0.5, 0.6) is 5.75 Å². The van der Waals surface area contributed by atoms with E-state index in [1.807, 2.05) is 52.0 Å². The highest BCUT2D eigenvalue weighted by atomic mass is 16.5. The van der Waals surface area contributed by atoms with Crippen molar-refractivity contribution in [3.8, 4) is 5.75 Å². The van der Waals surface area contributed by atoms with Crippen molar-refractivity contribution in [2.24, 2.45) is 10.9 Å². The fraction of sp³-hybridized carbons (Fsp3) is 0.556. The van der Waals surface area contributed by atoms with E-state index in [-0.39, 0.29) is 11.8 Å².